The quantitative estimate of drug-likeness (QED) is 0.251. The van der Waals surface area contributed by atoms with Crippen LogP contribution in [0.2, 0.25) is 0 Å². The van der Waals surface area contributed by atoms with Crippen molar-refractivity contribution in [2.24, 2.45) is 11.8 Å². The second-order valence-corrected chi connectivity index (χ2v) is 12.2. The van der Waals surface area contributed by atoms with Crippen molar-refractivity contribution in [3.05, 3.63) is 82.9 Å². The van der Waals surface area contributed by atoms with E-state index in [-0.39, 0.29) is 50.1 Å². The van der Waals surface area contributed by atoms with Gasteiger partial charge in [-0.25, -0.2) is 4.79 Å². The molecule has 1 heterocycles. The molecule has 10 nitrogen and oxygen atoms in total. The molecule has 3 fully saturated rings. The summed E-state index contributed by atoms with van der Waals surface area (Å²) >= 11 is 0. The second-order valence-electron chi connectivity index (χ2n) is 12.2. The van der Waals surface area contributed by atoms with Gasteiger partial charge in [-0.05, 0) is 61.4 Å². The Morgan fingerprint density at radius 3 is 2.42 bits per heavy atom. The van der Waals surface area contributed by atoms with E-state index in [2.05, 4.69) is 10.6 Å². The summed E-state index contributed by atoms with van der Waals surface area (Å²) in [7, 11) is 0. The number of carbonyl (C=O) groups excluding carboxylic acids is 3. The van der Waals surface area contributed by atoms with Gasteiger partial charge in [0.25, 0.3) is 0 Å². The third-order valence-corrected chi connectivity index (χ3v) is 8.84. The molecule has 3 atom stereocenters. The van der Waals surface area contributed by atoms with Crippen molar-refractivity contribution >= 4 is 23.9 Å². The maximum absolute atomic E-state index is 13.7. The number of carbonyl (C=O) groups is 3. The van der Waals surface area contributed by atoms with Crippen LogP contribution < -0.4 is 10.6 Å². The highest BCUT2D eigenvalue weighted by molar-refractivity contribution is 5.95. The monoisotopic (exact) mass is 616 g/mol. The smallest absolute Gasteiger partial charge is 0.339 e. The molecule has 1 aliphatic heterocycles. The average Bonchev–Trinajstić information content (AvgIpc) is 3.98. The van der Waals surface area contributed by atoms with E-state index in [0.29, 0.717) is 35.0 Å². The largest absolute Gasteiger partial charge is 0.508 e. The highest BCUT2D eigenvalue weighted by atomic mass is 16.8. The van der Waals surface area contributed by atoms with Crippen LogP contribution in [0.25, 0.3) is 6.08 Å². The number of esters is 1. The van der Waals surface area contributed by atoms with Crippen molar-refractivity contribution in [3.8, 4) is 5.75 Å². The van der Waals surface area contributed by atoms with Crippen molar-refractivity contribution in [2.75, 3.05) is 19.7 Å². The Hall–Kier alpha value is -3.99. The first-order valence-corrected chi connectivity index (χ1v) is 15.8. The molecule has 0 bridgehead atoms. The molecule has 4 N–H and O–H groups in total. The summed E-state index contributed by atoms with van der Waals surface area (Å²) in [5, 5.41) is 24.3. The minimum atomic E-state index is -0.751. The number of rotatable bonds is 13. The molecule has 45 heavy (non-hydrogen) atoms. The van der Waals surface area contributed by atoms with Gasteiger partial charge in [-0.2, -0.15) is 0 Å². The molecule has 10 heteroatoms. The average molecular weight is 617 g/mol. The minimum Gasteiger partial charge on any atom is -0.508 e. The van der Waals surface area contributed by atoms with Gasteiger partial charge in [-0.1, -0.05) is 48.6 Å². The number of aliphatic hydroxyl groups is 1. The van der Waals surface area contributed by atoms with Crippen molar-refractivity contribution < 1.29 is 38.8 Å². The van der Waals surface area contributed by atoms with E-state index in [4.69, 9.17) is 19.3 Å². The number of ether oxygens (including phenoxy) is 3. The molecule has 3 aliphatic carbocycles. The lowest BCUT2D eigenvalue weighted by Gasteiger charge is -2.31. The van der Waals surface area contributed by atoms with E-state index in [1.807, 2.05) is 36.4 Å². The van der Waals surface area contributed by atoms with Crippen LogP contribution >= 0.6 is 0 Å². The number of benzene rings is 2. The van der Waals surface area contributed by atoms with Crippen LogP contribution in [-0.4, -0.2) is 71.8 Å². The number of hydrogen-bond donors (Lipinski definition) is 4. The predicted octanol–water partition coefficient (Wildman–Crippen LogP) is 3.42. The van der Waals surface area contributed by atoms with Crippen LogP contribution in [0.1, 0.15) is 60.0 Å². The Labute approximate surface area is 262 Å². The van der Waals surface area contributed by atoms with Gasteiger partial charge in [-0.3, -0.25) is 9.59 Å². The molecule has 2 amide bonds. The van der Waals surface area contributed by atoms with Crippen molar-refractivity contribution in [1.29, 1.82) is 0 Å². The molecule has 0 aromatic heterocycles. The van der Waals surface area contributed by atoms with Crippen LogP contribution in [0, 0.1) is 11.8 Å². The van der Waals surface area contributed by atoms with E-state index in [9.17, 15) is 19.5 Å². The van der Waals surface area contributed by atoms with Gasteiger partial charge in [0.05, 0.1) is 12.2 Å². The number of allylic oxidation sites excluding steroid dienone is 1. The standard InChI is InChI=1S/C35H40N2O8/c38-19-18-36-31(40)16-17-37-33(41)24-20-29(32-30(21-24)44-35(45-32,25-12-13-25)26-14-15-26)43-34(42)27-10-3-1-6-22(27)8-5-9-23-7-2-4-11-28(23)39/h1-8,10-11,21,25-26,29-30,32,38-39H,9,12-20H2,(H,36,40)(H,37,41)/t29-,30-,32+/m1/s1. The second kappa shape index (κ2) is 13.6. The third kappa shape index (κ3) is 7.13. The SMILES string of the molecule is O=C(CCNC(=O)C1=C[C@H]2OC(C3CC3)(C3CC3)O[C@H]2[C@H](OC(=O)c2ccccc2C=CCc2ccccc2O)C1)NCCO. The van der Waals surface area contributed by atoms with Crippen molar-refractivity contribution in [1.82, 2.24) is 10.6 Å². The van der Waals surface area contributed by atoms with Gasteiger partial charge in [-0.15, -0.1) is 0 Å². The number of aliphatic hydroxyl groups excluding tert-OH is 1. The van der Waals surface area contributed by atoms with Crippen LogP contribution in [-0.2, 0) is 30.2 Å². The van der Waals surface area contributed by atoms with E-state index >= 15 is 0 Å². The fourth-order valence-electron chi connectivity index (χ4n) is 6.28. The lowest BCUT2D eigenvalue weighted by molar-refractivity contribution is -0.209. The van der Waals surface area contributed by atoms with Crippen LogP contribution in [0.5, 0.6) is 5.75 Å². The molecule has 2 saturated carbocycles. The summed E-state index contributed by atoms with van der Waals surface area (Å²) in [6.07, 6.45) is 8.49. The van der Waals surface area contributed by atoms with Gasteiger partial charge in [0.2, 0.25) is 11.8 Å². The zero-order chi connectivity index (χ0) is 31.4. The number of hydrogen-bond acceptors (Lipinski definition) is 8. The first-order valence-electron chi connectivity index (χ1n) is 15.8. The Balaban J connectivity index is 1.17. The van der Waals surface area contributed by atoms with Crippen LogP contribution in [0.4, 0.5) is 0 Å². The number of aromatic hydroxyl groups is 1. The summed E-state index contributed by atoms with van der Waals surface area (Å²) in [6.45, 7) is 0.125. The number of phenols is 1. The van der Waals surface area contributed by atoms with Crippen LogP contribution in [0.15, 0.2) is 66.3 Å². The normalized spacial score (nSPS) is 23.7. The Kier molecular flexibility index (Phi) is 9.34. The highest BCUT2D eigenvalue weighted by Gasteiger charge is 2.64. The lowest BCUT2D eigenvalue weighted by Crippen LogP contribution is -2.44. The molecule has 1 saturated heterocycles. The van der Waals surface area contributed by atoms with E-state index < -0.39 is 30.1 Å². The molecular weight excluding hydrogens is 576 g/mol. The Morgan fingerprint density at radius 2 is 1.69 bits per heavy atom. The van der Waals surface area contributed by atoms with Gasteiger partial charge >= 0.3 is 5.97 Å². The summed E-state index contributed by atoms with van der Waals surface area (Å²) in [4.78, 5) is 38.8. The molecule has 6 rings (SSSR count). The maximum atomic E-state index is 13.7. The molecule has 0 spiro atoms. The van der Waals surface area contributed by atoms with E-state index in [0.717, 1.165) is 31.2 Å². The summed E-state index contributed by atoms with van der Waals surface area (Å²) in [5.74, 6) is -1.05. The van der Waals surface area contributed by atoms with E-state index in [1.54, 1.807) is 30.3 Å². The zero-order valence-electron chi connectivity index (χ0n) is 25.2. The van der Waals surface area contributed by atoms with Gasteiger partial charge in [0, 0.05) is 43.3 Å². The number of fused-ring (bicyclic) bond motifs is 1. The molecule has 4 aliphatic rings. The third-order valence-electron chi connectivity index (χ3n) is 8.84. The number of phenolic OH excluding ortho intramolecular Hbond substituents is 1. The number of nitrogens with one attached hydrogen (secondary N) is 2. The molecule has 2 aromatic carbocycles. The lowest BCUT2D eigenvalue weighted by atomic mass is 9.91. The highest BCUT2D eigenvalue weighted by Crippen LogP contribution is 2.59. The molecule has 0 radical (unpaired) electrons. The minimum absolute atomic E-state index is 0.0732. The number of amides is 2. The first-order chi connectivity index (χ1) is 21.9. The van der Waals surface area contributed by atoms with E-state index in [1.165, 1.54) is 0 Å². The fourth-order valence-corrected chi connectivity index (χ4v) is 6.28. The van der Waals surface area contributed by atoms with Crippen molar-refractivity contribution in [2.45, 2.75) is 69.0 Å². The number of para-hydroxylation sites is 1. The fraction of sp³-hybridized carbons (Fsp3) is 0.457. The topological polar surface area (TPSA) is 143 Å². The van der Waals surface area contributed by atoms with Crippen LogP contribution in [0.3, 0.4) is 0 Å². The molecule has 238 valence electrons. The first kappa shape index (κ1) is 31.0. The van der Waals surface area contributed by atoms with Gasteiger partial charge in [0.1, 0.15) is 24.1 Å². The van der Waals surface area contributed by atoms with Crippen molar-refractivity contribution in [3.63, 3.8) is 0 Å². The Bertz CT molecular complexity index is 1470. The Morgan fingerprint density at radius 1 is 0.956 bits per heavy atom. The van der Waals surface area contributed by atoms with Gasteiger partial charge < -0.3 is 35.1 Å². The summed E-state index contributed by atoms with van der Waals surface area (Å²) in [6, 6.07) is 14.3. The predicted molar refractivity (Wildman–Crippen MR) is 165 cm³/mol. The zero-order valence-corrected chi connectivity index (χ0v) is 25.2. The maximum Gasteiger partial charge on any atom is 0.339 e. The molecular formula is C35H40N2O8. The summed E-state index contributed by atoms with van der Waals surface area (Å²) < 4.78 is 19.5. The molecule has 2 aromatic rings. The van der Waals surface area contributed by atoms with Gasteiger partial charge in [0.15, 0.2) is 5.79 Å². The summed E-state index contributed by atoms with van der Waals surface area (Å²) in [5.41, 5.74) is 2.25. The molecule has 0 unspecified atom stereocenters.